The SMILES string of the molecule is CC1CN(Cc2cnc(NN)s2)CC(CO)O1. The predicted molar refractivity (Wildman–Crippen MR) is 66.6 cm³/mol. The van der Waals surface area contributed by atoms with E-state index in [1.807, 2.05) is 13.1 Å². The molecule has 2 rings (SSSR count). The highest BCUT2D eigenvalue weighted by atomic mass is 32.1. The Kier molecular flexibility index (Phi) is 4.30. The molecular weight excluding hydrogens is 240 g/mol. The van der Waals surface area contributed by atoms with Crippen molar-refractivity contribution >= 4 is 16.5 Å². The van der Waals surface area contributed by atoms with Crippen LogP contribution in [0, 0.1) is 0 Å². The molecule has 2 unspecified atom stereocenters. The van der Waals surface area contributed by atoms with Gasteiger partial charge in [0.05, 0.1) is 18.8 Å². The first kappa shape index (κ1) is 12.7. The molecule has 2 heterocycles. The lowest BCUT2D eigenvalue weighted by Crippen LogP contribution is -2.47. The summed E-state index contributed by atoms with van der Waals surface area (Å²) in [6, 6.07) is 0. The van der Waals surface area contributed by atoms with Gasteiger partial charge in [-0.25, -0.2) is 10.8 Å². The maximum Gasteiger partial charge on any atom is 0.197 e. The molecule has 1 saturated heterocycles. The number of ether oxygens (including phenoxy) is 1. The van der Waals surface area contributed by atoms with E-state index in [0.717, 1.165) is 29.6 Å². The normalized spacial score (nSPS) is 26.1. The second kappa shape index (κ2) is 5.74. The molecule has 1 aliphatic heterocycles. The summed E-state index contributed by atoms with van der Waals surface area (Å²) in [7, 11) is 0. The average molecular weight is 258 g/mol. The minimum Gasteiger partial charge on any atom is -0.394 e. The van der Waals surface area contributed by atoms with Crippen LogP contribution in [0.3, 0.4) is 0 Å². The second-order valence-electron chi connectivity index (χ2n) is 4.22. The Morgan fingerprint density at radius 2 is 2.53 bits per heavy atom. The van der Waals surface area contributed by atoms with Gasteiger partial charge in [-0.1, -0.05) is 11.3 Å². The van der Waals surface area contributed by atoms with Crippen molar-refractivity contribution in [3.05, 3.63) is 11.1 Å². The number of thiazole rings is 1. The van der Waals surface area contributed by atoms with Crippen LogP contribution in [0.4, 0.5) is 5.13 Å². The number of anilines is 1. The first-order chi connectivity index (χ1) is 8.21. The maximum absolute atomic E-state index is 9.15. The molecule has 0 aromatic carbocycles. The van der Waals surface area contributed by atoms with Gasteiger partial charge in [-0.2, -0.15) is 0 Å². The summed E-state index contributed by atoms with van der Waals surface area (Å²) in [4.78, 5) is 7.56. The van der Waals surface area contributed by atoms with Crippen molar-refractivity contribution < 1.29 is 9.84 Å². The van der Waals surface area contributed by atoms with Gasteiger partial charge < -0.3 is 9.84 Å². The van der Waals surface area contributed by atoms with E-state index in [1.165, 1.54) is 0 Å². The lowest BCUT2D eigenvalue weighted by molar-refractivity contribution is -0.0970. The lowest BCUT2D eigenvalue weighted by Gasteiger charge is -2.35. The van der Waals surface area contributed by atoms with Crippen LogP contribution in [0.1, 0.15) is 11.8 Å². The van der Waals surface area contributed by atoms with Crippen LogP contribution in [-0.2, 0) is 11.3 Å². The van der Waals surface area contributed by atoms with E-state index < -0.39 is 0 Å². The minimum atomic E-state index is -0.0845. The van der Waals surface area contributed by atoms with Crippen LogP contribution < -0.4 is 11.3 Å². The highest BCUT2D eigenvalue weighted by Gasteiger charge is 2.24. The Hall–Kier alpha value is -0.730. The number of nitrogens with two attached hydrogens (primary N) is 1. The molecule has 1 aromatic rings. The first-order valence-electron chi connectivity index (χ1n) is 5.61. The van der Waals surface area contributed by atoms with E-state index in [1.54, 1.807) is 11.3 Å². The van der Waals surface area contributed by atoms with Crippen LogP contribution in [0.15, 0.2) is 6.20 Å². The molecule has 1 fully saturated rings. The molecule has 2 atom stereocenters. The molecule has 1 aliphatic rings. The van der Waals surface area contributed by atoms with E-state index in [4.69, 9.17) is 15.7 Å². The van der Waals surface area contributed by atoms with Gasteiger partial charge in [0.1, 0.15) is 0 Å². The molecule has 17 heavy (non-hydrogen) atoms. The third kappa shape index (κ3) is 3.36. The van der Waals surface area contributed by atoms with Crippen LogP contribution in [0.2, 0.25) is 0 Å². The molecule has 6 nitrogen and oxygen atoms in total. The number of aliphatic hydroxyl groups is 1. The third-order valence-electron chi connectivity index (χ3n) is 2.66. The van der Waals surface area contributed by atoms with Gasteiger partial charge in [-0.15, -0.1) is 0 Å². The first-order valence-corrected chi connectivity index (χ1v) is 6.43. The van der Waals surface area contributed by atoms with Gasteiger partial charge in [0.25, 0.3) is 0 Å². The highest BCUT2D eigenvalue weighted by molar-refractivity contribution is 7.15. The summed E-state index contributed by atoms with van der Waals surface area (Å²) in [6.07, 6.45) is 1.90. The molecule has 0 spiro atoms. The lowest BCUT2D eigenvalue weighted by atomic mass is 10.2. The molecule has 7 heteroatoms. The fourth-order valence-electron chi connectivity index (χ4n) is 2.04. The average Bonchev–Trinajstić information content (AvgIpc) is 2.76. The van der Waals surface area contributed by atoms with Gasteiger partial charge in [-0.05, 0) is 6.92 Å². The van der Waals surface area contributed by atoms with E-state index >= 15 is 0 Å². The van der Waals surface area contributed by atoms with Gasteiger partial charge >= 0.3 is 0 Å². The molecule has 0 radical (unpaired) electrons. The molecule has 0 saturated carbocycles. The van der Waals surface area contributed by atoms with Crippen molar-refractivity contribution in [3.8, 4) is 0 Å². The number of hydrazine groups is 1. The van der Waals surface area contributed by atoms with Crippen molar-refractivity contribution in [1.82, 2.24) is 9.88 Å². The van der Waals surface area contributed by atoms with Crippen molar-refractivity contribution in [2.24, 2.45) is 5.84 Å². The number of nitrogens with zero attached hydrogens (tertiary/aromatic N) is 2. The van der Waals surface area contributed by atoms with E-state index in [9.17, 15) is 0 Å². The summed E-state index contributed by atoms with van der Waals surface area (Å²) >= 11 is 1.54. The Morgan fingerprint density at radius 1 is 1.71 bits per heavy atom. The van der Waals surface area contributed by atoms with Crippen molar-refractivity contribution in [3.63, 3.8) is 0 Å². The summed E-state index contributed by atoms with van der Waals surface area (Å²) in [5.41, 5.74) is 2.54. The monoisotopic (exact) mass is 258 g/mol. The summed E-state index contributed by atoms with van der Waals surface area (Å²) < 4.78 is 5.59. The number of hydrogen-bond acceptors (Lipinski definition) is 7. The molecule has 0 bridgehead atoms. The van der Waals surface area contributed by atoms with Crippen molar-refractivity contribution in [2.75, 3.05) is 25.1 Å². The van der Waals surface area contributed by atoms with E-state index in [-0.39, 0.29) is 18.8 Å². The van der Waals surface area contributed by atoms with Gasteiger partial charge in [0, 0.05) is 30.7 Å². The number of nitrogen functional groups attached to an aromatic ring is 1. The van der Waals surface area contributed by atoms with Crippen LogP contribution in [0.25, 0.3) is 0 Å². The second-order valence-corrected chi connectivity index (χ2v) is 5.34. The largest absolute Gasteiger partial charge is 0.394 e. The Balaban J connectivity index is 1.93. The van der Waals surface area contributed by atoms with Crippen molar-refractivity contribution in [2.45, 2.75) is 25.7 Å². The van der Waals surface area contributed by atoms with Gasteiger partial charge in [-0.3, -0.25) is 10.3 Å². The number of aromatic nitrogens is 1. The molecule has 0 aliphatic carbocycles. The van der Waals surface area contributed by atoms with Gasteiger partial charge in [0.15, 0.2) is 5.13 Å². The summed E-state index contributed by atoms with van der Waals surface area (Å²) in [6.45, 7) is 4.54. The third-order valence-corrected chi connectivity index (χ3v) is 3.58. The zero-order chi connectivity index (χ0) is 12.3. The number of nitrogens with one attached hydrogen (secondary N) is 1. The Bertz CT molecular complexity index is 360. The van der Waals surface area contributed by atoms with Gasteiger partial charge in [0.2, 0.25) is 0 Å². The Labute approximate surface area is 104 Å². The quantitative estimate of drug-likeness (QED) is 0.521. The van der Waals surface area contributed by atoms with E-state index in [2.05, 4.69) is 15.3 Å². The van der Waals surface area contributed by atoms with Crippen LogP contribution in [0.5, 0.6) is 0 Å². The Morgan fingerprint density at radius 3 is 3.18 bits per heavy atom. The number of aliphatic hydroxyl groups excluding tert-OH is 1. The summed E-state index contributed by atoms with van der Waals surface area (Å²) in [5.74, 6) is 5.29. The van der Waals surface area contributed by atoms with Crippen LogP contribution in [-0.4, -0.2) is 46.9 Å². The zero-order valence-corrected chi connectivity index (χ0v) is 10.6. The van der Waals surface area contributed by atoms with E-state index in [0.29, 0.717) is 0 Å². The van der Waals surface area contributed by atoms with Crippen LogP contribution >= 0.6 is 11.3 Å². The number of morpholine rings is 1. The molecule has 0 amide bonds. The predicted octanol–water partition coefficient (Wildman–Crippen LogP) is 0.0103. The molecule has 96 valence electrons. The molecule has 4 N–H and O–H groups in total. The molecule has 1 aromatic heterocycles. The number of hydrogen-bond donors (Lipinski definition) is 3. The maximum atomic E-state index is 9.15. The topological polar surface area (TPSA) is 83.6 Å². The smallest absolute Gasteiger partial charge is 0.197 e. The zero-order valence-electron chi connectivity index (χ0n) is 9.80. The fraction of sp³-hybridized carbons (Fsp3) is 0.700. The highest BCUT2D eigenvalue weighted by Crippen LogP contribution is 2.20. The minimum absolute atomic E-state index is 0.0686. The fourth-order valence-corrected chi connectivity index (χ4v) is 2.80. The molecular formula is C10H18N4O2S. The summed E-state index contributed by atoms with van der Waals surface area (Å²) in [5, 5.41) is 9.87. The number of rotatable bonds is 4. The van der Waals surface area contributed by atoms with Crippen molar-refractivity contribution in [1.29, 1.82) is 0 Å². The standard InChI is InChI=1S/C10H18N4O2S/c1-7-3-14(4-8(6-15)16-7)5-9-2-12-10(13-11)17-9/h2,7-8,15H,3-6,11H2,1H3,(H,12,13).